The molecule has 0 radical (unpaired) electrons. The SMILES string of the molecule is CN(Cc1ccccc1)C[C@]1(O)CCCN(Cc2ccc(F)c(F)c2)C1=O. The Bertz CT molecular complexity index is 800. The third kappa shape index (κ3) is 4.70. The van der Waals surface area contributed by atoms with Crippen molar-refractivity contribution in [2.24, 2.45) is 0 Å². The van der Waals surface area contributed by atoms with Crippen molar-refractivity contribution in [2.75, 3.05) is 20.1 Å². The van der Waals surface area contributed by atoms with Gasteiger partial charge in [-0.15, -0.1) is 0 Å². The van der Waals surface area contributed by atoms with Gasteiger partial charge in [-0.2, -0.15) is 0 Å². The lowest BCUT2D eigenvalue weighted by Crippen LogP contribution is -2.57. The fraction of sp³-hybridized carbons (Fsp3) is 0.381. The van der Waals surface area contributed by atoms with Crippen LogP contribution >= 0.6 is 0 Å². The molecule has 1 aliphatic heterocycles. The molecule has 0 aromatic heterocycles. The van der Waals surface area contributed by atoms with E-state index in [0.717, 1.165) is 17.7 Å². The molecule has 2 aromatic carbocycles. The second-order valence-corrected chi connectivity index (χ2v) is 7.27. The van der Waals surface area contributed by atoms with Gasteiger partial charge in [0.2, 0.25) is 0 Å². The van der Waals surface area contributed by atoms with Crippen LogP contribution in [0.5, 0.6) is 0 Å². The zero-order chi connectivity index (χ0) is 19.4. The third-order valence-electron chi connectivity index (χ3n) is 4.89. The highest BCUT2D eigenvalue weighted by atomic mass is 19.2. The molecule has 2 aromatic rings. The maximum Gasteiger partial charge on any atom is 0.256 e. The van der Waals surface area contributed by atoms with Gasteiger partial charge in [0.25, 0.3) is 5.91 Å². The molecule has 3 rings (SSSR count). The Morgan fingerprint density at radius 2 is 1.85 bits per heavy atom. The van der Waals surface area contributed by atoms with Crippen LogP contribution in [-0.2, 0) is 17.9 Å². The van der Waals surface area contributed by atoms with Crippen LogP contribution in [0.4, 0.5) is 8.78 Å². The number of halogens is 2. The molecule has 0 saturated carbocycles. The topological polar surface area (TPSA) is 43.8 Å². The fourth-order valence-corrected chi connectivity index (χ4v) is 3.62. The van der Waals surface area contributed by atoms with Gasteiger partial charge >= 0.3 is 0 Å². The lowest BCUT2D eigenvalue weighted by Gasteiger charge is -2.40. The first kappa shape index (κ1) is 19.5. The quantitative estimate of drug-likeness (QED) is 0.846. The minimum absolute atomic E-state index is 0.154. The number of hydrogen-bond donors (Lipinski definition) is 1. The first-order valence-corrected chi connectivity index (χ1v) is 9.05. The normalized spacial score (nSPS) is 20.3. The van der Waals surface area contributed by atoms with E-state index < -0.39 is 17.2 Å². The standard InChI is InChI=1S/C21H24F2N2O2/c1-24(13-16-6-3-2-4-7-16)15-21(27)10-5-11-25(20(21)26)14-17-8-9-18(22)19(23)12-17/h2-4,6-9,12,27H,5,10-11,13-15H2,1H3/t21-/m1/s1. The molecule has 144 valence electrons. The molecule has 1 fully saturated rings. The summed E-state index contributed by atoms with van der Waals surface area (Å²) in [4.78, 5) is 16.3. The van der Waals surface area contributed by atoms with Crippen molar-refractivity contribution in [1.82, 2.24) is 9.80 Å². The summed E-state index contributed by atoms with van der Waals surface area (Å²) in [6.07, 6.45) is 1.05. The van der Waals surface area contributed by atoms with E-state index in [2.05, 4.69) is 0 Å². The minimum Gasteiger partial charge on any atom is -0.379 e. The number of benzene rings is 2. The van der Waals surface area contributed by atoms with Gasteiger partial charge in [0.1, 0.15) is 0 Å². The third-order valence-corrected chi connectivity index (χ3v) is 4.89. The summed E-state index contributed by atoms with van der Waals surface area (Å²) in [6.45, 7) is 1.48. The van der Waals surface area contributed by atoms with E-state index in [1.165, 1.54) is 11.0 Å². The molecule has 27 heavy (non-hydrogen) atoms. The van der Waals surface area contributed by atoms with Crippen molar-refractivity contribution in [3.05, 3.63) is 71.3 Å². The van der Waals surface area contributed by atoms with Crippen LogP contribution in [0.3, 0.4) is 0 Å². The second kappa shape index (κ2) is 8.15. The average Bonchev–Trinajstić information content (AvgIpc) is 2.63. The van der Waals surface area contributed by atoms with Crippen LogP contribution in [0.1, 0.15) is 24.0 Å². The summed E-state index contributed by atoms with van der Waals surface area (Å²) in [5.41, 5.74) is 0.134. The highest BCUT2D eigenvalue weighted by Gasteiger charge is 2.42. The molecule has 1 atom stereocenters. The van der Waals surface area contributed by atoms with Gasteiger partial charge in [0.05, 0.1) is 0 Å². The Labute approximate surface area is 158 Å². The zero-order valence-corrected chi connectivity index (χ0v) is 15.4. The Morgan fingerprint density at radius 1 is 1.11 bits per heavy atom. The number of carbonyl (C=O) groups is 1. The van der Waals surface area contributed by atoms with Gasteiger partial charge in [-0.1, -0.05) is 36.4 Å². The molecule has 1 N–H and O–H groups in total. The molecule has 6 heteroatoms. The van der Waals surface area contributed by atoms with Crippen molar-refractivity contribution in [2.45, 2.75) is 31.5 Å². The van der Waals surface area contributed by atoms with Crippen LogP contribution in [0, 0.1) is 11.6 Å². The van der Waals surface area contributed by atoms with Crippen LogP contribution in [-0.4, -0.2) is 46.6 Å². The number of nitrogens with zero attached hydrogens (tertiary/aromatic N) is 2. The number of aliphatic hydroxyl groups is 1. The van der Waals surface area contributed by atoms with Gasteiger partial charge in [-0.05, 0) is 43.1 Å². The smallest absolute Gasteiger partial charge is 0.256 e. The molecule has 0 unspecified atom stereocenters. The zero-order valence-electron chi connectivity index (χ0n) is 15.4. The molecule has 1 amide bonds. The van der Waals surface area contributed by atoms with E-state index >= 15 is 0 Å². The number of amides is 1. The van der Waals surface area contributed by atoms with E-state index in [1.807, 2.05) is 42.3 Å². The van der Waals surface area contributed by atoms with Crippen molar-refractivity contribution in [3.8, 4) is 0 Å². The molecule has 1 saturated heterocycles. The Morgan fingerprint density at radius 3 is 2.56 bits per heavy atom. The lowest BCUT2D eigenvalue weighted by molar-refractivity contribution is -0.160. The van der Waals surface area contributed by atoms with Gasteiger partial charge in [-0.25, -0.2) is 8.78 Å². The molecule has 0 aliphatic carbocycles. The molecule has 0 bridgehead atoms. The molecular weight excluding hydrogens is 350 g/mol. The van der Waals surface area contributed by atoms with Crippen LogP contribution in [0.25, 0.3) is 0 Å². The van der Waals surface area contributed by atoms with Gasteiger partial charge < -0.3 is 10.0 Å². The Hall–Kier alpha value is -2.31. The van der Waals surface area contributed by atoms with Crippen LogP contribution < -0.4 is 0 Å². The second-order valence-electron chi connectivity index (χ2n) is 7.27. The van der Waals surface area contributed by atoms with Gasteiger partial charge in [0.15, 0.2) is 17.2 Å². The predicted octanol–water partition coefficient (Wildman–Crippen LogP) is 2.95. The maximum absolute atomic E-state index is 13.4. The monoisotopic (exact) mass is 374 g/mol. The molecular formula is C21H24F2N2O2. The summed E-state index contributed by atoms with van der Waals surface area (Å²) in [5.74, 6) is -2.21. The van der Waals surface area contributed by atoms with E-state index in [1.54, 1.807) is 0 Å². The van der Waals surface area contributed by atoms with Crippen molar-refractivity contribution in [1.29, 1.82) is 0 Å². The van der Waals surface area contributed by atoms with Gasteiger partial charge in [-0.3, -0.25) is 9.69 Å². The van der Waals surface area contributed by atoms with Crippen molar-refractivity contribution in [3.63, 3.8) is 0 Å². The maximum atomic E-state index is 13.4. The van der Waals surface area contributed by atoms with E-state index in [-0.39, 0.29) is 19.0 Å². The van der Waals surface area contributed by atoms with Crippen molar-refractivity contribution < 1.29 is 18.7 Å². The van der Waals surface area contributed by atoms with E-state index in [0.29, 0.717) is 31.5 Å². The average molecular weight is 374 g/mol. The number of hydrogen-bond acceptors (Lipinski definition) is 3. The van der Waals surface area contributed by atoms with Gasteiger partial charge in [0, 0.05) is 26.2 Å². The lowest BCUT2D eigenvalue weighted by atomic mass is 9.90. The summed E-state index contributed by atoms with van der Waals surface area (Å²) < 4.78 is 26.5. The van der Waals surface area contributed by atoms with Crippen LogP contribution in [0.2, 0.25) is 0 Å². The summed E-state index contributed by atoms with van der Waals surface area (Å²) >= 11 is 0. The summed E-state index contributed by atoms with van der Waals surface area (Å²) in [5, 5.41) is 11.0. The van der Waals surface area contributed by atoms with E-state index in [9.17, 15) is 18.7 Å². The number of piperidine rings is 1. The first-order chi connectivity index (χ1) is 12.9. The number of likely N-dealkylation sites (N-methyl/N-ethyl adjacent to an activating group) is 1. The fourth-order valence-electron chi connectivity index (χ4n) is 3.62. The summed E-state index contributed by atoms with van der Waals surface area (Å²) in [7, 11) is 1.87. The highest BCUT2D eigenvalue weighted by Crippen LogP contribution is 2.26. The first-order valence-electron chi connectivity index (χ1n) is 9.05. The minimum atomic E-state index is -1.47. The van der Waals surface area contributed by atoms with E-state index in [4.69, 9.17) is 0 Å². The molecule has 4 nitrogen and oxygen atoms in total. The summed E-state index contributed by atoms with van der Waals surface area (Å²) in [6, 6.07) is 13.5. The Kier molecular flexibility index (Phi) is 5.87. The van der Waals surface area contributed by atoms with Crippen molar-refractivity contribution >= 4 is 5.91 Å². The predicted molar refractivity (Wildman–Crippen MR) is 98.7 cm³/mol. The number of carbonyl (C=O) groups excluding carboxylic acids is 1. The number of likely N-dealkylation sites (tertiary alicyclic amines) is 1. The molecule has 1 heterocycles. The van der Waals surface area contributed by atoms with Crippen LogP contribution in [0.15, 0.2) is 48.5 Å². The largest absolute Gasteiger partial charge is 0.379 e. The number of rotatable bonds is 6. The molecule has 1 aliphatic rings. The Balaban J connectivity index is 1.66. The molecule has 0 spiro atoms. The highest BCUT2D eigenvalue weighted by molar-refractivity contribution is 5.86.